The van der Waals surface area contributed by atoms with Crippen molar-refractivity contribution in [3.8, 4) is 5.75 Å². The number of benzene rings is 1. The van der Waals surface area contributed by atoms with E-state index >= 15 is 0 Å². The van der Waals surface area contributed by atoms with E-state index in [1.807, 2.05) is 0 Å². The van der Waals surface area contributed by atoms with Gasteiger partial charge in [-0.05, 0) is 19.1 Å². The normalized spacial score (nSPS) is 18.4. The lowest BCUT2D eigenvalue weighted by Gasteiger charge is -2.41. The van der Waals surface area contributed by atoms with Crippen LogP contribution in [-0.4, -0.2) is 64.8 Å². The van der Waals surface area contributed by atoms with E-state index in [1.165, 1.54) is 12.3 Å². The number of nitrogens with one attached hydrogen (secondary N) is 1. The lowest BCUT2D eigenvalue weighted by molar-refractivity contribution is -0.147. The van der Waals surface area contributed by atoms with Crippen LogP contribution in [0.1, 0.15) is 24.6 Å². The van der Waals surface area contributed by atoms with Crippen LogP contribution in [0.25, 0.3) is 0 Å². The van der Waals surface area contributed by atoms with Gasteiger partial charge in [0.25, 0.3) is 0 Å². The smallest absolute Gasteiger partial charge is 0.362 e. The van der Waals surface area contributed by atoms with Crippen LogP contribution in [0.5, 0.6) is 5.75 Å². The van der Waals surface area contributed by atoms with Gasteiger partial charge in [0.05, 0.1) is 12.0 Å². The molecule has 6 N–H and O–H groups in total. The Hall–Kier alpha value is -3.56. The van der Waals surface area contributed by atoms with Crippen molar-refractivity contribution in [2.75, 3.05) is 18.9 Å². The fraction of sp³-hybridized carbons (Fsp3) is 0.316. The first-order valence-corrected chi connectivity index (χ1v) is 12.1. The average molecular weight is 511 g/mol. The number of nitrogens with two attached hydrogens (primary N) is 2. The minimum Gasteiger partial charge on any atom is -0.490 e. The summed E-state index contributed by atoms with van der Waals surface area (Å²) in [6, 6.07) is 5.71. The van der Waals surface area contributed by atoms with E-state index < -0.39 is 34.0 Å². The number of amidine groups is 1. The van der Waals surface area contributed by atoms with Crippen LogP contribution in [0.4, 0.5) is 5.13 Å². The highest BCUT2D eigenvalue weighted by Gasteiger charge is 2.51. The largest absolute Gasteiger partial charge is 0.490 e. The second-order valence-corrected chi connectivity index (χ2v) is 9.40. The molecule has 1 aliphatic heterocycles. The second kappa shape index (κ2) is 10.1. The molecule has 1 aromatic carbocycles. The summed E-state index contributed by atoms with van der Waals surface area (Å²) in [5, 5.41) is 13.0. The van der Waals surface area contributed by atoms with Gasteiger partial charge >= 0.3 is 10.3 Å². The molecule has 2 heterocycles. The Balaban J connectivity index is 1.63. The van der Waals surface area contributed by atoms with Crippen molar-refractivity contribution in [1.29, 1.82) is 5.41 Å². The first-order valence-electron chi connectivity index (χ1n) is 9.81. The topological polar surface area (TPSA) is 211 Å². The molecule has 1 saturated heterocycles. The number of nitrogen functional groups attached to an aromatic ring is 2. The third-order valence-corrected chi connectivity index (χ3v) is 6.60. The van der Waals surface area contributed by atoms with Crippen molar-refractivity contribution in [3.63, 3.8) is 0 Å². The summed E-state index contributed by atoms with van der Waals surface area (Å²) < 4.78 is 37.5. The number of hydrogen-bond acceptors (Lipinski definition) is 11. The predicted octanol–water partition coefficient (Wildman–Crippen LogP) is 0.418. The van der Waals surface area contributed by atoms with Gasteiger partial charge in [-0.3, -0.25) is 19.6 Å². The summed E-state index contributed by atoms with van der Waals surface area (Å²) in [6.45, 7) is 1.42. The van der Waals surface area contributed by atoms with E-state index in [4.69, 9.17) is 31.0 Å². The van der Waals surface area contributed by atoms with Crippen molar-refractivity contribution >= 4 is 50.0 Å². The third-order valence-electron chi connectivity index (χ3n) is 4.91. The summed E-state index contributed by atoms with van der Waals surface area (Å²) in [5.41, 5.74) is 11.5. The highest BCUT2D eigenvalue weighted by atomic mass is 32.2. The number of ketones is 1. The van der Waals surface area contributed by atoms with Crippen LogP contribution in [0.3, 0.4) is 0 Å². The molecule has 34 heavy (non-hydrogen) atoms. The van der Waals surface area contributed by atoms with Crippen molar-refractivity contribution in [2.24, 2.45) is 16.8 Å². The fourth-order valence-corrected chi connectivity index (χ4v) is 4.70. The van der Waals surface area contributed by atoms with Gasteiger partial charge in [-0.2, -0.15) is 8.42 Å². The van der Waals surface area contributed by atoms with Gasteiger partial charge in [0.15, 0.2) is 23.2 Å². The summed E-state index contributed by atoms with van der Waals surface area (Å²) in [4.78, 5) is 34.2. The molecule has 0 aliphatic carbocycles. The van der Waals surface area contributed by atoms with Crippen molar-refractivity contribution in [3.05, 3.63) is 40.9 Å². The molecule has 1 aromatic heterocycles. The molecule has 15 heteroatoms. The van der Waals surface area contributed by atoms with Crippen molar-refractivity contribution in [1.82, 2.24) is 9.29 Å². The Morgan fingerprint density at radius 1 is 1.38 bits per heavy atom. The molecular weight excluding hydrogens is 488 g/mol. The Morgan fingerprint density at radius 2 is 2.12 bits per heavy atom. The molecule has 182 valence electrons. The molecule has 1 fully saturated rings. The van der Waals surface area contributed by atoms with Crippen molar-refractivity contribution < 1.29 is 32.1 Å². The fourth-order valence-electron chi connectivity index (χ4n) is 3.23. The Labute approximate surface area is 198 Å². The molecule has 0 radical (unpaired) electrons. The number of rotatable bonds is 11. The van der Waals surface area contributed by atoms with E-state index in [9.17, 15) is 18.0 Å². The van der Waals surface area contributed by atoms with Gasteiger partial charge < -0.3 is 21.0 Å². The monoisotopic (exact) mass is 510 g/mol. The molecule has 0 saturated carbocycles. The zero-order valence-electron chi connectivity index (χ0n) is 17.9. The van der Waals surface area contributed by atoms with E-state index in [0.717, 1.165) is 11.3 Å². The summed E-state index contributed by atoms with van der Waals surface area (Å²) in [5.74, 6) is -2.09. The number of nitrogens with zero attached hydrogens (tertiary/aromatic N) is 3. The molecule has 3 rings (SSSR count). The zero-order chi connectivity index (χ0) is 25.0. The number of anilines is 1. The van der Waals surface area contributed by atoms with Gasteiger partial charge in [-0.15, -0.1) is 11.3 Å². The van der Waals surface area contributed by atoms with Gasteiger partial charge in [-0.1, -0.05) is 17.3 Å². The lowest BCUT2D eigenvalue weighted by atomic mass is 9.86. The van der Waals surface area contributed by atoms with Crippen LogP contribution in [0, 0.1) is 11.3 Å². The first kappa shape index (κ1) is 25.1. The molecule has 2 atom stereocenters. The number of hydrogen-bond donors (Lipinski definition) is 4. The molecule has 13 nitrogen and oxygen atoms in total. The molecular formula is C19H22N6O7S2. The molecule has 0 bridgehead atoms. The maximum absolute atomic E-state index is 12.9. The summed E-state index contributed by atoms with van der Waals surface area (Å²) >= 11 is 1.08. The number of Topliss-reactive ketones (excluding diaryl/α,β-unsaturated/α-hetero) is 1. The van der Waals surface area contributed by atoms with Crippen molar-refractivity contribution in [2.45, 2.75) is 19.4 Å². The molecule has 0 spiro atoms. The minimum atomic E-state index is -4.70. The number of β-lactam (4-membered cyclic amide) rings is 1. The first-order chi connectivity index (χ1) is 16.0. The van der Waals surface area contributed by atoms with Crippen LogP contribution in [0.15, 0.2) is 34.8 Å². The van der Waals surface area contributed by atoms with Crippen LogP contribution in [0.2, 0.25) is 0 Å². The highest BCUT2D eigenvalue weighted by Crippen LogP contribution is 2.32. The van der Waals surface area contributed by atoms with Gasteiger partial charge in [0, 0.05) is 17.4 Å². The number of amides is 1. The van der Waals surface area contributed by atoms with Gasteiger partial charge in [0.2, 0.25) is 5.91 Å². The molecule has 1 amide bonds. The molecule has 2 aromatic rings. The van der Waals surface area contributed by atoms with Gasteiger partial charge in [0.1, 0.15) is 23.9 Å². The average Bonchev–Trinajstić information content (AvgIpc) is 3.19. The standard InChI is InChI=1S/C19H22N6O7S2/c1-10-13(18(27)25(10)34(28,29)30)8-15(26)16(14-9-33-19(22)23-14)24-32-6-5-31-12-4-2-3-11(7-12)17(20)21/h2-4,7,9-10,13H,5-6,8H2,1H3,(H3,20,21)(H2,22,23)(H,28,29,30)/b24-16-/t10-,13-/m0/s1. The third kappa shape index (κ3) is 5.67. The Morgan fingerprint density at radius 3 is 2.71 bits per heavy atom. The maximum atomic E-state index is 12.9. The van der Waals surface area contributed by atoms with Gasteiger partial charge in [-0.25, -0.2) is 9.29 Å². The maximum Gasteiger partial charge on any atom is 0.362 e. The van der Waals surface area contributed by atoms with E-state index in [-0.39, 0.29) is 42.0 Å². The molecule has 1 aliphatic rings. The number of carbonyl (C=O) groups excluding carboxylic acids is 2. The number of oxime groups is 1. The zero-order valence-corrected chi connectivity index (χ0v) is 19.5. The number of thiazole rings is 1. The predicted molar refractivity (Wildman–Crippen MR) is 123 cm³/mol. The summed E-state index contributed by atoms with van der Waals surface area (Å²) in [6.07, 6.45) is -0.361. The van der Waals surface area contributed by atoms with Crippen LogP contribution in [-0.2, 0) is 24.7 Å². The van der Waals surface area contributed by atoms with Crippen LogP contribution < -0.4 is 16.2 Å². The quantitative estimate of drug-likeness (QED) is 0.0816. The number of ether oxygens (including phenoxy) is 1. The highest BCUT2D eigenvalue weighted by molar-refractivity contribution is 7.84. The SMILES string of the molecule is C[C@H]1[C@H](CC(=O)/C(=N\OCCOc2cccc(C(=N)N)c2)c2csc(N)n2)C(=O)N1S(=O)(=O)O. The lowest BCUT2D eigenvalue weighted by Crippen LogP contribution is -2.62. The Kier molecular flexibility index (Phi) is 7.48. The molecule has 0 unspecified atom stereocenters. The van der Waals surface area contributed by atoms with Crippen LogP contribution >= 0.6 is 11.3 Å². The summed E-state index contributed by atoms with van der Waals surface area (Å²) in [7, 11) is -4.70. The van der Waals surface area contributed by atoms with E-state index in [2.05, 4.69) is 10.1 Å². The minimum absolute atomic E-state index is 0.0456. The Bertz CT molecular complexity index is 1240. The van der Waals surface area contributed by atoms with E-state index in [1.54, 1.807) is 24.3 Å². The second-order valence-electron chi connectivity index (χ2n) is 7.22. The number of carbonyl (C=O) groups is 2. The van der Waals surface area contributed by atoms with E-state index in [0.29, 0.717) is 15.6 Å². The number of aromatic nitrogens is 1.